The quantitative estimate of drug-likeness (QED) is 0.594. The van der Waals surface area contributed by atoms with E-state index < -0.39 is 11.9 Å². The minimum atomic E-state index is -0.596. The molecule has 154 valence electrons. The first kappa shape index (κ1) is 20.7. The molecule has 7 nitrogen and oxygen atoms in total. The minimum Gasteiger partial charge on any atom is -0.452 e. The highest BCUT2D eigenvalue weighted by molar-refractivity contribution is 5.98. The summed E-state index contributed by atoms with van der Waals surface area (Å²) in [5, 5.41) is 14.6. The van der Waals surface area contributed by atoms with E-state index in [4.69, 9.17) is 9.84 Å². The van der Waals surface area contributed by atoms with Gasteiger partial charge in [-0.3, -0.25) is 4.79 Å². The smallest absolute Gasteiger partial charge is 0.340 e. The maximum Gasteiger partial charge on any atom is 0.340 e. The van der Waals surface area contributed by atoms with Gasteiger partial charge in [-0.15, -0.1) is 0 Å². The summed E-state index contributed by atoms with van der Waals surface area (Å²) in [6.07, 6.45) is 3.70. The van der Waals surface area contributed by atoms with Crippen LogP contribution >= 0.6 is 0 Å². The van der Waals surface area contributed by atoms with Crippen LogP contribution in [0.1, 0.15) is 29.6 Å². The second kappa shape index (κ2) is 10.5. The van der Waals surface area contributed by atoms with Crippen molar-refractivity contribution < 1.29 is 19.4 Å². The van der Waals surface area contributed by atoms with Gasteiger partial charge in [-0.1, -0.05) is 12.1 Å². The summed E-state index contributed by atoms with van der Waals surface area (Å²) in [6.45, 7) is 2.02. The molecule has 3 N–H and O–H groups in total. The highest BCUT2D eigenvalue weighted by Gasteiger charge is 2.15. The van der Waals surface area contributed by atoms with Crippen molar-refractivity contribution in [3.05, 3.63) is 54.1 Å². The third-order valence-corrected chi connectivity index (χ3v) is 4.78. The molecule has 1 saturated heterocycles. The monoisotopic (exact) mass is 397 g/mol. The molecule has 3 rings (SSSR count). The number of benzene rings is 2. The molecule has 0 aromatic heterocycles. The van der Waals surface area contributed by atoms with Crippen molar-refractivity contribution in [3.63, 3.8) is 0 Å². The minimum absolute atomic E-state index is 0.0532. The van der Waals surface area contributed by atoms with E-state index in [-0.39, 0.29) is 13.2 Å². The number of para-hydroxylation sites is 1. The summed E-state index contributed by atoms with van der Waals surface area (Å²) in [4.78, 5) is 26.8. The molecule has 7 heteroatoms. The van der Waals surface area contributed by atoms with Crippen molar-refractivity contribution in [3.8, 4) is 0 Å². The van der Waals surface area contributed by atoms with Crippen molar-refractivity contribution in [1.82, 2.24) is 0 Å². The molecule has 1 aliphatic rings. The number of hydrogen-bond donors (Lipinski definition) is 3. The van der Waals surface area contributed by atoms with Gasteiger partial charge in [0.2, 0.25) is 0 Å². The number of nitrogens with zero attached hydrogens (tertiary/aromatic N) is 1. The number of anilines is 3. The molecular formula is C22H27N3O4. The van der Waals surface area contributed by atoms with Gasteiger partial charge in [0, 0.05) is 36.7 Å². The van der Waals surface area contributed by atoms with Gasteiger partial charge in [-0.05, 0) is 55.7 Å². The van der Waals surface area contributed by atoms with Gasteiger partial charge in [-0.2, -0.15) is 0 Å². The molecule has 0 bridgehead atoms. The molecule has 0 saturated carbocycles. The molecule has 0 spiro atoms. The number of amides is 1. The molecule has 29 heavy (non-hydrogen) atoms. The second-order valence-electron chi connectivity index (χ2n) is 6.91. The van der Waals surface area contributed by atoms with Crippen LogP contribution in [0.3, 0.4) is 0 Å². The summed E-state index contributed by atoms with van der Waals surface area (Å²) in [5.74, 6) is -0.994. The fraction of sp³-hybridized carbons (Fsp3) is 0.364. The highest BCUT2D eigenvalue weighted by atomic mass is 16.5. The molecule has 0 radical (unpaired) electrons. The molecule has 1 heterocycles. The van der Waals surface area contributed by atoms with E-state index >= 15 is 0 Å². The van der Waals surface area contributed by atoms with E-state index in [1.807, 2.05) is 24.3 Å². The Balaban J connectivity index is 1.50. The first-order valence-electron chi connectivity index (χ1n) is 9.93. The van der Waals surface area contributed by atoms with E-state index in [1.54, 1.807) is 24.3 Å². The number of rotatable bonds is 8. The fourth-order valence-electron chi connectivity index (χ4n) is 3.32. The predicted molar refractivity (Wildman–Crippen MR) is 113 cm³/mol. The van der Waals surface area contributed by atoms with E-state index in [0.29, 0.717) is 23.5 Å². The number of aliphatic hydroxyl groups excluding tert-OH is 1. The number of ether oxygens (including phenoxy) is 1. The molecule has 1 aliphatic heterocycles. The van der Waals surface area contributed by atoms with Crippen LogP contribution in [-0.2, 0) is 9.53 Å². The van der Waals surface area contributed by atoms with Crippen molar-refractivity contribution in [1.29, 1.82) is 0 Å². The lowest BCUT2D eigenvalue weighted by Crippen LogP contribution is -2.29. The molecule has 2 aromatic rings. The van der Waals surface area contributed by atoms with Crippen LogP contribution in [0.25, 0.3) is 0 Å². The average molecular weight is 397 g/mol. The average Bonchev–Trinajstić information content (AvgIpc) is 2.77. The lowest BCUT2D eigenvalue weighted by atomic mass is 10.1. The Kier molecular flexibility index (Phi) is 7.47. The van der Waals surface area contributed by atoms with Crippen LogP contribution in [0.15, 0.2) is 48.5 Å². The summed E-state index contributed by atoms with van der Waals surface area (Å²) in [7, 11) is 0. The van der Waals surface area contributed by atoms with Gasteiger partial charge in [0.1, 0.15) is 0 Å². The largest absolute Gasteiger partial charge is 0.452 e. The Morgan fingerprint density at radius 3 is 2.45 bits per heavy atom. The van der Waals surface area contributed by atoms with Crippen LogP contribution in [0, 0.1) is 0 Å². The van der Waals surface area contributed by atoms with E-state index in [9.17, 15) is 9.59 Å². The van der Waals surface area contributed by atoms with E-state index in [0.717, 1.165) is 18.8 Å². The number of piperidine rings is 1. The zero-order valence-corrected chi connectivity index (χ0v) is 16.4. The fourth-order valence-corrected chi connectivity index (χ4v) is 3.32. The Bertz CT molecular complexity index is 817. The molecule has 0 atom stereocenters. The Morgan fingerprint density at radius 1 is 1.00 bits per heavy atom. The van der Waals surface area contributed by atoms with Gasteiger partial charge in [0.05, 0.1) is 12.2 Å². The third-order valence-electron chi connectivity index (χ3n) is 4.78. The van der Waals surface area contributed by atoms with Crippen molar-refractivity contribution >= 4 is 28.9 Å². The number of hydrogen-bond acceptors (Lipinski definition) is 6. The van der Waals surface area contributed by atoms with Crippen LogP contribution in [0.5, 0.6) is 0 Å². The van der Waals surface area contributed by atoms with E-state index in [2.05, 4.69) is 15.5 Å². The maximum absolute atomic E-state index is 12.3. The zero-order chi connectivity index (χ0) is 20.5. The van der Waals surface area contributed by atoms with Crippen LogP contribution < -0.4 is 15.5 Å². The normalized spacial score (nSPS) is 13.6. The van der Waals surface area contributed by atoms with Gasteiger partial charge in [0.25, 0.3) is 5.91 Å². The lowest BCUT2D eigenvalue weighted by molar-refractivity contribution is -0.119. The second-order valence-corrected chi connectivity index (χ2v) is 6.91. The highest BCUT2D eigenvalue weighted by Crippen LogP contribution is 2.22. The van der Waals surface area contributed by atoms with Gasteiger partial charge in [-0.25, -0.2) is 4.79 Å². The molecule has 2 aromatic carbocycles. The topological polar surface area (TPSA) is 90.9 Å². The lowest BCUT2D eigenvalue weighted by Gasteiger charge is -2.28. The van der Waals surface area contributed by atoms with Crippen LogP contribution in [-0.4, -0.2) is 49.8 Å². The van der Waals surface area contributed by atoms with Gasteiger partial charge in [0.15, 0.2) is 6.61 Å². The molecule has 1 fully saturated rings. The first-order valence-corrected chi connectivity index (χ1v) is 9.93. The summed E-state index contributed by atoms with van der Waals surface area (Å²) in [5.41, 5.74) is 2.69. The Morgan fingerprint density at radius 2 is 1.72 bits per heavy atom. The standard InChI is InChI=1S/C22H27N3O4/c26-15-12-23-20-7-3-2-6-19(20)22(28)29-16-21(27)24-17-8-10-18(11-9-17)25-13-4-1-5-14-25/h2-3,6-11,23,26H,1,4-5,12-16H2,(H,24,27). The number of esters is 1. The van der Waals surface area contributed by atoms with Gasteiger partial charge < -0.3 is 25.4 Å². The van der Waals surface area contributed by atoms with Crippen molar-refractivity contribution in [2.45, 2.75) is 19.3 Å². The van der Waals surface area contributed by atoms with E-state index in [1.165, 1.54) is 19.3 Å². The third kappa shape index (κ3) is 5.96. The summed E-state index contributed by atoms with van der Waals surface area (Å²) < 4.78 is 5.14. The molecule has 1 amide bonds. The molecule has 0 unspecified atom stereocenters. The summed E-state index contributed by atoms with van der Waals surface area (Å²) in [6, 6.07) is 14.5. The summed E-state index contributed by atoms with van der Waals surface area (Å²) >= 11 is 0. The molecule has 0 aliphatic carbocycles. The SMILES string of the molecule is O=C(COC(=O)c1ccccc1NCCO)Nc1ccc(N2CCCCC2)cc1. The number of carbonyl (C=O) groups is 2. The van der Waals surface area contributed by atoms with Gasteiger partial charge >= 0.3 is 5.97 Å². The first-order chi connectivity index (χ1) is 14.2. The maximum atomic E-state index is 12.3. The van der Waals surface area contributed by atoms with Crippen molar-refractivity contribution in [2.75, 3.05) is 48.4 Å². The zero-order valence-electron chi connectivity index (χ0n) is 16.4. The Labute approximate surface area is 170 Å². The molecular weight excluding hydrogens is 370 g/mol. The Hall–Kier alpha value is -3.06. The van der Waals surface area contributed by atoms with Crippen LogP contribution in [0.2, 0.25) is 0 Å². The number of carbonyl (C=O) groups excluding carboxylic acids is 2. The number of aliphatic hydroxyl groups is 1. The predicted octanol–water partition coefficient (Wildman–Crippen LogP) is 2.88. The number of nitrogens with one attached hydrogen (secondary N) is 2. The van der Waals surface area contributed by atoms with Crippen molar-refractivity contribution in [2.24, 2.45) is 0 Å². The van der Waals surface area contributed by atoms with Crippen LogP contribution in [0.4, 0.5) is 17.1 Å².